The van der Waals surface area contributed by atoms with Crippen molar-refractivity contribution >= 4 is 29.3 Å². The summed E-state index contributed by atoms with van der Waals surface area (Å²) in [4.78, 5) is 8.15. The monoisotopic (exact) mass is 408 g/mol. The number of nitrogens with zero attached hydrogens (tertiary/aromatic N) is 4. The maximum Gasteiger partial charge on any atom is 0.191 e. The predicted octanol–water partition coefficient (Wildman–Crippen LogP) is 3.02. The lowest BCUT2D eigenvalue weighted by Crippen LogP contribution is -2.39. The van der Waals surface area contributed by atoms with E-state index in [4.69, 9.17) is 16.6 Å². The Kier molecular flexibility index (Phi) is 8.97. The number of nitrogens with one attached hydrogen (secondary N) is 2. The number of halogens is 1. The van der Waals surface area contributed by atoms with Crippen LogP contribution in [0.1, 0.15) is 18.5 Å². The van der Waals surface area contributed by atoms with Crippen molar-refractivity contribution in [3.8, 4) is 0 Å². The molecule has 1 aromatic carbocycles. The summed E-state index contributed by atoms with van der Waals surface area (Å²) in [7, 11) is 6.07. The molecule has 2 rings (SSSR count). The number of likely N-dealkylation sites (N-methyl/N-ethyl adjacent to an activating group) is 1. The molecule has 0 aliphatic rings. The fraction of sp³-hybridized carbons (Fsp3) is 0.474. The zero-order valence-electron chi connectivity index (χ0n) is 16.4. The van der Waals surface area contributed by atoms with Gasteiger partial charge in [-0.25, -0.2) is 0 Å². The average Bonchev–Trinajstić information content (AvgIpc) is 3.06. The first-order valence-electron chi connectivity index (χ1n) is 9.05. The molecule has 2 aromatic rings. The van der Waals surface area contributed by atoms with Gasteiger partial charge in [0.2, 0.25) is 0 Å². The quantitative estimate of drug-likeness (QED) is 0.289. The van der Waals surface area contributed by atoms with Crippen molar-refractivity contribution in [2.45, 2.75) is 17.9 Å². The van der Waals surface area contributed by atoms with E-state index < -0.39 is 0 Å². The first-order chi connectivity index (χ1) is 13.0. The Morgan fingerprint density at radius 1 is 1.30 bits per heavy atom. The van der Waals surface area contributed by atoms with E-state index in [0.29, 0.717) is 6.54 Å². The number of aryl methyl sites for hydroxylation is 1. The summed E-state index contributed by atoms with van der Waals surface area (Å²) in [5, 5.41) is 11.8. The van der Waals surface area contributed by atoms with Crippen LogP contribution in [-0.2, 0) is 7.05 Å². The predicted molar refractivity (Wildman–Crippen MR) is 116 cm³/mol. The van der Waals surface area contributed by atoms with E-state index in [9.17, 15) is 0 Å². The minimum Gasteiger partial charge on any atom is -0.357 e. The largest absolute Gasteiger partial charge is 0.357 e. The Bertz CT molecular complexity index is 713. The minimum atomic E-state index is 0.192. The van der Waals surface area contributed by atoms with Crippen LogP contribution in [0.2, 0.25) is 5.02 Å². The molecule has 1 heterocycles. The van der Waals surface area contributed by atoms with Gasteiger partial charge < -0.3 is 15.5 Å². The van der Waals surface area contributed by atoms with Crippen molar-refractivity contribution in [3.05, 3.63) is 47.2 Å². The van der Waals surface area contributed by atoms with Gasteiger partial charge in [-0.05, 0) is 45.3 Å². The third-order valence-corrected chi connectivity index (χ3v) is 5.24. The van der Waals surface area contributed by atoms with E-state index in [1.54, 1.807) is 11.8 Å². The molecule has 0 bridgehead atoms. The average molecular weight is 409 g/mol. The molecule has 2 N–H and O–H groups in total. The van der Waals surface area contributed by atoms with E-state index in [-0.39, 0.29) is 6.04 Å². The Morgan fingerprint density at radius 2 is 2.04 bits per heavy atom. The van der Waals surface area contributed by atoms with Crippen molar-refractivity contribution in [3.63, 3.8) is 0 Å². The van der Waals surface area contributed by atoms with Crippen molar-refractivity contribution in [1.29, 1.82) is 0 Å². The van der Waals surface area contributed by atoms with Gasteiger partial charge >= 0.3 is 0 Å². The van der Waals surface area contributed by atoms with Gasteiger partial charge in [0.15, 0.2) is 5.96 Å². The standard InChI is InChI=1S/C19H29ClN6S/c1-5-21-19(22-10-11-27-17-8-6-16(20)7-9-17)23-13-18(25(2)3)15-12-24-26(4)14-15/h6-9,12,14,18H,5,10-11,13H2,1-4H3,(H2,21,22,23). The zero-order valence-corrected chi connectivity index (χ0v) is 18.0. The summed E-state index contributed by atoms with van der Waals surface area (Å²) in [6.45, 7) is 4.40. The fourth-order valence-corrected chi connectivity index (χ4v) is 3.46. The summed E-state index contributed by atoms with van der Waals surface area (Å²) >= 11 is 7.72. The second-order valence-corrected chi connectivity index (χ2v) is 7.98. The van der Waals surface area contributed by atoms with E-state index >= 15 is 0 Å². The van der Waals surface area contributed by atoms with Crippen molar-refractivity contribution in [1.82, 2.24) is 25.3 Å². The highest BCUT2D eigenvalue weighted by Crippen LogP contribution is 2.20. The van der Waals surface area contributed by atoms with Gasteiger partial charge in [0.05, 0.1) is 18.8 Å². The molecule has 6 nitrogen and oxygen atoms in total. The van der Waals surface area contributed by atoms with Crippen LogP contribution >= 0.6 is 23.4 Å². The van der Waals surface area contributed by atoms with E-state index in [1.807, 2.05) is 48.4 Å². The lowest BCUT2D eigenvalue weighted by Gasteiger charge is -2.22. The highest BCUT2D eigenvalue weighted by atomic mass is 35.5. The molecule has 0 fully saturated rings. The molecule has 0 aliphatic carbocycles. The number of aromatic nitrogens is 2. The minimum absolute atomic E-state index is 0.192. The number of aliphatic imine (C=N–C) groups is 1. The summed E-state index contributed by atoms with van der Waals surface area (Å²) < 4.78 is 1.83. The maximum absolute atomic E-state index is 5.92. The Morgan fingerprint density at radius 3 is 2.63 bits per heavy atom. The normalized spacial score (nSPS) is 13.0. The van der Waals surface area contributed by atoms with Crippen molar-refractivity contribution < 1.29 is 0 Å². The van der Waals surface area contributed by atoms with Crippen LogP contribution in [-0.4, -0.2) is 60.1 Å². The molecule has 0 aliphatic heterocycles. The number of guanidine groups is 1. The van der Waals surface area contributed by atoms with E-state index in [0.717, 1.165) is 29.8 Å². The third kappa shape index (κ3) is 7.44. The van der Waals surface area contributed by atoms with Gasteiger partial charge in [-0.1, -0.05) is 11.6 Å². The number of benzene rings is 1. The molecule has 1 unspecified atom stereocenters. The Labute approximate surface area is 171 Å². The van der Waals surface area contributed by atoms with Gasteiger partial charge in [-0.2, -0.15) is 5.10 Å². The first-order valence-corrected chi connectivity index (χ1v) is 10.4. The SMILES string of the molecule is CCNC(=NCC(c1cnn(C)c1)N(C)C)NCCSc1ccc(Cl)cc1. The molecule has 0 radical (unpaired) electrons. The molecule has 148 valence electrons. The van der Waals surface area contributed by atoms with Gasteiger partial charge in [0.25, 0.3) is 0 Å². The van der Waals surface area contributed by atoms with Crippen LogP contribution in [0.5, 0.6) is 0 Å². The topological polar surface area (TPSA) is 57.5 Å². The molecule has 27 heavy (non-hydrogen) atoms. The van der Waals surface area contributed by atoms with Gasteiger partial charge in [0, 0.05) is 47.6 Å². The van der Waals surface area contributed by atoms with E-state index in [2.05, 4.69) is 41.7 Å². The molecule has 8 heteroatoms. The van der Waals surface area contributed by atoms with Crippen molar-refractivity contribution in [2.24, 2.45) is 12.0 Å². The molecule has 0 saturated heterocycles. The molecule has 1 aromatic heterocycles. The van der Waals surface area contributed by atoms with Crippen LogP contribution in [0.25, 0.3) is 0 Å². The smallest absolute Gasteiger partial charge is 0.191 e. The molecule has 0 spiro atoms. The number of hydrogen-bond donors (Lipinski definition) is 2. The highest BCUT2D eigenvalue weighted by Gasteiger charge is 2.15. The number of hydrogen-bond acceptors (Lipinski definition) is 4. The summed E-state index contributed by atoms with van der Waals surface area (Å²) in [5.74, 6) is 1.79. The Hall–Kier alpha value is -1.70. The van der Waals surface area contributed by atoms with Crippen LogP contribution in [0.15, 0.2) is 46.5 Å². The lowest BCUT2D eigenvalue weighted by molar-refractivity contribution is 0.306. The van der Waals surface area contributed by atoms with Gasteiger partial charge in [0.1, 0.15) is 0 Å². The highest BCUT2D eigenvalue weighted by molar-refractivity contribution is 7.99. The Balaban J connectivity index is 1.87. The van der Waals surface area contributed by atoms with E-state index in [1.165, 1.54) is 10.5 Å². The molecule has 0 saturated carbocycles. The summed E-state index contributed by atoms with van der Waals surface area (Å²) in [6.07, 6.45) is 3.95. The number of rotatable bonds is 9. The molecular weight excluding hydrogens is 380 g/mol. The third-order valence-electron chi connectivity index (χ3n) is 3.98. The van der Waals surface area contributed by atoms with Crippen LogP contribution in [0.3, 0.4) is 0 Å². The second kappa shape index (κ2) is 11.2. The number of thioether (sulfide) groups is 1. The van der Waals surface area contributed by atoms with Crippen LogP contribution in [0, 0.1) is 0 Å². The maximum atomic E-state index is 5.92. The van der Waals surface area contributed by atoms with Gasteiger partial charge in [-0.15, -0.1) is 11.8 Å². The van der Waals surface area contributed by atoms with Crippen molar-refractivity contribution in [2.75, 3.05) is 39.5 Å². The summed E-state index contributed by atoms with van der Waals surface area (Å²) in [5.41, 5.74) is 1.17. The molecule has 1 atom stereocenters. The second-order valence-electron chi connectivity index (χ2n) is 6.38. The lowest BCUT2D eigenvalue weighted by atomic mass is 10.1. The van der Waals surface area contributed by atoms with Crippen LogP contribution in [0.4, 0.5) is 0 Å². The zero-order chi connectivity index (χ0) is 19.6. The fourth-order valence-electron chi connectivity index (χ4n) is 2.57. The molecule has 0 amide bonds. The summed E-state index contributed by atoms with van der Waals surface area (Å²) in [6, 6.07) is 8.12. The molecular formula is C19H29ClN6S. The van der Waals surface area contributed by atoms with Gasteiger partial charge in [-0.3, -0.25) is 9.67 Å². The first kappa shape index (κ1) is 21.6. The van der Waals surface area contributed by atoms with Crippen LogP contribution < -0.4 is 10.6 Å².